The van der Waals surface area contributed by atoms with Crippen LogP contribution in [0.3, 0.4) is 0 Å². The molecule has 1 aliphatic carbocycles. The van der Waals surface area contributed by atoms with Crippen molar-refractivity contribution >= 4 is 11.3 Å². The molecule has 3 rings (SSSR count). The number of rotatable bonds is 4. The number of aromatic nitrogens is 2. The van der Waals surface area contributed by atoms with Crippen LogP contribution in [0.25, 0.3) is 0 Å². The van der Waals surface area contributed by atoms with Gasteiger partial charge in [-0.05, 0) is 42.8 Å². The van der Waals surface area contributed by atoms with Crippen LogP contribution >= 0.6 is 11.3 Å². The third-order valence-corrected chi connectivity index (χ3v) is 5.09. The van der Waals surface area contributed by atoms with E-state index in [2.05, 4.69) is 22.0 Å². The molecule has 0 radical (unpaired) electrons. The maximum atomic E-state index is 10.3. The van der Waals surface area contributed by atoms with Gasteiger partial charge in [0.1, 0.15) is 0 Å². The molecule has 0 amide bonds. The van der Waals surface area contributed by atoms with Crippen molar-refractivity contribution in [3.63, 3.8) is 0 Å². The number of aryl methyl sites for hydroxylation is 1. The zero-order valence-corrected chi connectivity index (χ0v) is 12.1. The summed E-state index contributed by atoms with van der Waals surface area (Å²) in [6.07, 6.45) is 7.38. The second-order valence-electron chi connectivity index (χ2n) is 5.41. The summed E-state index contributed by atoms with van der Waals surface area (Å²) in [5, 5.41) is 16.9. The molecule has 102 valence electrons. The Bertz CT molecular complexity index is 540. The quantitative estimate of drug-likeness (QED) is 0.925. The van der Waals surface area contributed by atoms with Crippen LogP contribution in [0.15, 0.2) is 23.7 Å². The highest BCUT2D eigenvalue weighted by atomic mass is 32.1. The largest absolute Gasteiger partial charge is 0.387 e. The van der Waals surface area contributed by atoms with Gasteiger partial charge in [0.25, 0.3) is 0 Å². The van der Waals surface area contributed by atoms with Crippen LogP contribution in [0.1, 0.15) is 54.0 Å². The van der Waals surface area contributed by atoms with E-state index in [0.717, 1.165) is 10.6 Å². The minimum Gasteiger partial charge on any atom is -0.387 e. The molecule has 3 nitrogen and oxygen atoms in total. The van der Waals surface area contributed by atoms with E-state index in [1.807, 2.05) is 18.4 Å². The average molecular weight is 276 g/mol. The molecule has 1 aliphatic rings. The van der Waals surface area contributed by atoms with Crippen LogP contribution in [0.4, 0.5) is 0 Å². The molecule has 1 saturated carbocycles. The van der Waals surface area contributed by atoms with Gasteiger partial charge in [-0.1, -0.05) is 12.8 Å². The van der Waals surface area contributed by atoms with Crippen LogP contribution in [0, 0.1) is 6.92 Å². The molecule has 0 aromatic carbocycles. The fourth-order valence-corrected chi connectivity index (χ4v) is 3.79. The maximum Gasteiger partial charge on any atom is 0.0940 e. The van der Waals surface area contributed by atoms with Gasteiger partial charge >= 0.3 is 0 Å². The predicted molar refractivity (Wildman–Crippen MR) is 77.5 cm³/mol. The van der Waals surface area contributed by atoms with E-state index in [1.54, 1.807) is 11.3 Å². The van der Waals surface area contributed by atoms with Gasteiger partial charge < -0.3 is 5.11 Å². The Kier molecular flexibility index (Phi) is 3.71. The standard InChI is InChI=1S/C15H20N2OS/c1-11-7-9-19-15(11)14(18)10-12-6-8-17(16-12)13-4-2-3-5-13/h6-9,13-14,18H,2-5,10H2,1H3. The van der Waals surface area contributed by atoms with Crippen molar-refractivity contribution in [3.8, 4) is 0 Å². The lowest BCUT2D eigenvalue weighted by Crippen LogP contribution is -2.07. The lowest BCUT2D eigenvalue weighted by Gasteiger charge is -2.10. The van der Waals surface area contributed by atoms with Gasteiger partial charge in [0.15, 0.2) is 0 Å². The fraction of sp³-hybridized carbons (Fsp3) is 0.533. The Morgan fingerprint density at radius 3 is 2.89 bits per heavy atom. The first kappa shape index (κ1) is 12.9. The van der Waals surface area contributed by atoms with Gasteiger partial charge in [0.05, 0.1) is 17.8 Å². The van der Waals surface area contributed by atoms with E-state index < -0.39 is 6.10 Å². The van der Waals surface area contributed by atoms with Gasteiger partial charge in [-0.2, -0.15) is 5.10 Å². The van der Waals surface area contributed by atoms with Gasteiger partial charge in [-0.15, -0.1) is 11.3 Å². The zero-order valence-electron chi connectivity index (χ0n) is 11.2. The predicted octanol–water partition coefficient (Wildman–Crippen LogP) is 3.64. The summed E-state index contributed by atoms with van der Waals surface area (Å²) in [6.45, 7) is 2.05. The van der Waals surface area contributed by atoms with Crippen molar-refractivity contribution in [2.24, 2.45) is 0 Å². The molecule has 1 fully saturated rings. The Morgan fingerprint density at radius 2 is 2.21 bits per heavy atom. The number of nitrogens with zero attached hydrogens (tertiary/aromatic N) is 2. The topological polar surface area (TPSA) is 38.0 Å². The molecule has 2 aromatic rings. The van der Waals surface area contributed by atoms with E-state index in [1.165, 1.54) is 31.2 Å². The number of aliphatic hydroxyl groups excluding tert-OH is 1. The summed E-state index contributed by atoms with van der Waals surface area (Å²) < 4.78 is 2.09. The normalized spacial score (nSPS) is 18.0. The van der Waals surface area contributed by atoms with Crippen molar-refractivity contribution in [2.45, 2.75) is 51.2 Å². The van der Waals surface area contributed by atoms with Crippen LogP contribution in [-0.4, -0.2) is 14.9 Å². The maximum absolute atomic E-state index is 10.3. The first-order valence-electron chi connectivity index (χ1n) is 7.00. The Labute approximate surface area is 117 Å². The number of hydrogen-bond donors (Lipinski definition) is 1. The van der Waals surface area contributed by atoms with Crippen molar-refractivity contribution in [3.05, 3.63) is 39.8 Å². The highest BCUT2D eigenvalue weighted by molar-refractivity contribution is 7.10. The second kappa shape index (κ2) is 5.47. The summed E-state index contributed by atoms with van der Waals surface area (Å²) in [5.74, 6) is 0. The molecular weight excluding hydrogens is 256 g/mol. The third kappa shape index (κ3) is 2.74. The average Bonchev–Trinajstić information content (AvgIpc) is 3.07. The lowest BCUT2D eigenvalue weighted by molar-refractivity contribution is 0.180. The van der Waals surface area contributed by atoms with Crippen molar-refractivity contribution in [2.75, 3.05) is 0 Å². The monoisotopic (exact) mass is 276 g/mol. The molecular formula is C15H20N2OS. The van der Waals surface area contributed by atoms with E-state index in [-0.39, 0.29) is 0 Å². The Morgan fingerprint density at radius 1 is 1.42 bits per heavy atom. The molecule has 0 saturated heterocycles. The van der Waals surface area contributed by atoms with E-state index in [9.17, 15) is 5.11 Å². The lowest BCUT2D eigenvalue weighted by atomic mass is 10.1. The van der Waals surface area contributed by atoms with Crippen LogP contribution in [0.2, 0.25) is 0 Å². The summed E-state index contributed by atoms with van der Waals surface area (Å²) in [6, 6.07) is 4.68. The fourth-order valence-electron chi connectivity index (χ4n) is 2.88. The Balaban J connectivity index is 1.68. The molecule has 19 heavy (non-hydrogen) atoms. The molecule has 0 spiro atoms. The molecule has 2 aromatic heterocycles. The molecule has 0 bridgehead atoms. The van der Waals surface area contributed by atoms with Crippen LogP contribution in [-0.2, 0) is 6.42 Å². The molecule has 2 heterocycles. The minimum atomic E-state index is -0.424. The zero-order chi connectivity index (χ0) is 13.2. The smallest absolute Gasteiger partial charge is 0.0940 e. The summed E-state index contributed by atoms with van der Waals surface area (Å²) in [7, 11) is 0. The number of hydrogen-bond acceptors (Lipinski definition) is 3. The van der Waals surface area contributed by atoms with Crippen LogP contribution in [0.5, 0.6) is 0 Å². The first-order valence-corrected chi connectivity index (χ1v) is 7.88. The van der Waals surface area contributed by atoms with Crippen LogP contribution < -0.4 is 0 Å². The van der Waals surface area contributed by atoms with Gasteiger partial charge in [0.2, 0.25) is 0 Å². The van der Waals surface area contributed by atoms with Crippen molar-refractivity contribution in [1.82, 2.24) is 9.78 Å². The summed E-state index contributed by atoms with van der Waals surface area (Å²) in [5.41, 5.74) is 2.17. The first-order chi connectivity index (χ1) is 9.24. The highest BCUT2D eigenvalue weighted by Crippen LogP contribution is 2.30. The van der Waals surface area contributed by atoms with Gasteiger partial charge in [0, 0.05) is 17.5 Å². The molecule has 4 heteroatoms. The van der Waals surface area contributed by atoms with Crippen molar-refractivity contribution in [1.29, 1.82) is 0 Å². The summed E-state index contributed by atoms with van der Waals surface area (Å²) >= 11 is 1.62. The SMILES string of the molecule is Cc1ccsc1C(O)Cc1ccn(C2CCCC2)n1. The second-order valence-corrected chi connectivity index (χ2v) is 6.36. The molecule has 1 N–H and O–H groups in total. The number of aliphatic hydroxyl groups is 1. The van der Waals surface area contributed by atoms with Gasteiger partial charge in [-0.25, -0.2) is 0 Å². The molecule has 1 atom stereocenters. The molecule has 0 aliphatic heterocycles. The Hall–Kier alpha value is -1.13. The van der Waals surface area contributed by atoms with E-state index in [4.69, 9.17) is 0 Å². The highest BCUT2D eigenvalue weighted by Gasteiger charge is 2.19. The van der Waals surface area contributed by atoms with E-state index in [0.29, 0.717) is 12.5 Å². The van der Waals surface area contributed by atoms with Crippen molar-refractivity contribution < 1.29 is 5.11 Å². The third-order valence-electron chi connectivity index (χ3n) is 3.97. The van der Waals surface area contributed by atoms with E-state index >= 15 is 0 Å². The van der Waals surface area contributed by atoms with Gasteiger partial charge in [-0.3, -0.25) is 4.68 Å². The molecule has 1 unspecified atom stereocenters. The minimum absolute atomic E-state index is 0.424. The summed E-state index contributed by atoms with van der Waals surface area (Å²) in [4.78, 5) is 1.07. The number of thiophene rings is 1.